The number of nitrogens with one attached hydrogen (secondary N) is 2. The van der Waals surface area contributed by atoms with E-state index in [9.17, 15) is 14.9 Å². The average Bonchev–Trinajstić information content (AvgIpc) is 2.82. The summed E-state index contributed by atoms with van der Waals surface area (Å²) < 4.78 is 11.6. The van der Waals surface area contributed by atoms with Crippen molar-refractivity contribution in [3.63, 3.8) is 0 Å². The molecule has 0 saturated heterocycles. The average molecular weight is 534 g/mol. The Kier molecular flexibility index (Phi) is 8.65. The molecule has 0 aliphatic heterocycles. The first-order valence-corrected chi connectivity index (χ1v) is 11.5. The first-order chi connectivity index (χ1) is 16.8. The second kappa shape index (κ2) is 11.9. The van der Waals surface area contributed by atoms with E-state index >= 15 is 0 Å². The molecule has 178 valence electrons. The van der Waals surface area contributed by atoms with Crippen molar-refractivity contribution in [2.24, 2.45) is 0 Å². The van der Waals surface area contributed by atoms with Gasteiger partial charge >= 0.3 is 0 Å². The van der Waals surface area contributed by atoms with Crippen LogP contribution in [0.15, 0.2) is 70.7 Å². The third kappa shape index (κ3) is 6.95. The van der Waals surface area contributed by atoms with E-state index in [-0.39, 0.29) is 18.1 Å². The minimum Gasteiger partial charge on any atom is -0.493 e. The van der Waals surface area contributed by atoms with Crippen LogP contribution in [0.2, 0.25) is 0 Å². The van der Waals surface area contributed by atoms with E-state index in [0.29, 0.717) is 32.9 Å². The normalized spacial score (nSPS) is 10.8. The maximum atomic E-state index is 12.6. The van der Waals surface area contributed by atoms with Crippen LogP contribution in [0.4, 0.5) is 11.4 Å². The van der Waals surface area contributed by atoms with E-state index in [2.05, 4.69) is 26.6 Å². The third-order valence-corrected chi connectivity index (χ3v) is 5.56. The summed E-state index contributed by atoms with van der Waals surface area (Å²) in [5, 5.41) is 15.1. The fourth-order valence-corrected chi connectivity index (χ4v) is 3.81. The van der Waals surface area contributed by atoms with E-state index in [0.717, 1.165) is 11.1 Å². The van der Waals surface area contributed by atoms with Crippen molar-refractivity contribution in [1.29, 1.82) is 5.26 Å². The van der Waals surface area contributed by atoms with Gasteiger partial charge < -0.3 is 20.1 Å². The lowest BCUT2D eigenvalue weighted by atomic mass is 10.1. The zero-order valence-corrected chi connectivity index (χ0v) is 21.1. The number of para-hydroxylation sites is 1. The van der Waals surface area contributed by atoms with Crippen LogP contribution >= 0.6 is 15.9 Å². The summed E-state index contributed by atoms with van der Waals surface area (Å²) in [6, 6.07) is 20.0. The predicted octanol–water partition coefficient (Wildman–Crippen LogP) is 5.64. The number of amides is 2. The van der Waals surface area contributed by atoms with Gasteiger partial charge in [-0.15, -0.1) is 0 Å². The lowest BCUT2D eigenvalue weighted by Gasteiger charge is -2.14. The standard InChI is InChI=1S/C27H24BrN3O4/c1-17-7-6-9-21(11-17)30-25(32)16-35-26-22(28)13-19(14-24(26)34-3)12-20(15-29)27(33)31-23-10-5-4-8-18(23)2/h4-14H,16H2,1-3H3,(H,30,32)(H,31,33)/b20-12+. The molecule has 3 rings (SSSR count). The lowest BCUT2D eigenvalue weighted by molar-refractivity contribution is -0.118. The number of rotatable bonds is 8. The van der Waals surface area contributed by atoms with Crippen molar-refractivity contribution in [3.05, 3.63) is 87.4 Å². The van der Waals surface area contributed by atoms with E-state index in [1.54, 1.807) is 30.3 Å². The molecule has 0 saturated carbocycles. The molecule has 0 bridgehead atoms. The van der Waals surface area contributed by atoms with Gasteiger partial charge in [-0.25, -0.2) is 0 Å². The van der Waals surface area contributed by atoms with Crippen LogP contribution in [-0.2, 0) is 9.59 Å². The Morgan fingerprint density at radius 1 is 1.06 bits per heavy atom. The maximum absolute atomic E-state index is 12.6. The van der Waals surface area contributed by atoms with Gasteiger partial charge in [0.15, 0.2) is 18.1 Å². The topological polar surface area (TPSA) is 100 Å². The van der Waals surface area contributed by atoms with Crippen LogP contribution in [-0.4, -0.2) is 25.5 Å². The minimum absolute atomic E-state index is 0.0755. The minimum atomic E-state index is -0.523. The second-order valence-electron chi connectivity index (χ2n) is 7.68. The molecule has 0 aliphatic rings. The molecule has 3 aromatic rings. The summed E-state index contributed by atoms with van der Waals surface area (Å²) in [7, 11) is 1.46. The Morgan fingerprint density at radius 2 is 1.83 bits per heavy atom. The van der Waals surface area contributed by atoms with E-state index < -0.39 is 5.91 Å². The molecule has 2 N–H and O–H groups in total. The summed E-state index contributed by atoms with van der Waals surface area (Å²) in [6.07, 6.45) is 1.45. The highest BCUT2D eigenvalue weighted by Crippen LogP contribution is 2.37. The summed E-state index contributed by atoms with van der Waals surface area (Å²) in [6.45, 7) is 3.57. The number of carbonyl (C=O) groups excluding carboxylic acids is 2. The number of benzene rings is 3. The molecular formula is C27H24BrN3O4. The van der Waals surface area contributed by atoms with Crippen LogP contribution in [0.25, 0.3) is 6.08 Å². The van der Waals surface area contributed by atoms with Gasteiger partial charge in [-0.1, -0.05) is 30.3 Å². The van der Waals surface area contributed by atoms with Gasteiger partial charge in [0.2, 0.25) is 0 Å². The highest BCUT2D eigenvalue weighted by Gasteiger charge is 2.16. The van der Waals surface area contributed by atoms with Gasteiger partial charge in [0.25, 0.3) is 11.8 Å². The fraction of sp³-hybridized carbons (Fsp3) is 0.148. The molecule has 3 aromatic carbocycles. The molecule has 0 aromatic heterocycles. The Balaban J connectivity index is 1.75. The third-order valence-electron chi connectivity index (χ3n) is 4.97. The number of hydrogen-bond donors (Lipinski definition) is 2. The number of methoxy groups -OCH3 is 1. The predicted molar refractivity (Wildman–Crippen MR) is 139 cm³/mol. The monoisotopic (exact) mass is 533 g/mol. The Morgan fingerprint density at radius 3 is 2.51 bits per heavy atom. The molecule has 0 atom stereocenters. The van der Waals surface area contributed by atoms with Crippen LogP contribution < -0.4 is 20.1 Å². The molecule has 0 spiro atoms. The van der Waals surface area contributed by atoms with Gasteiger partial charge in [0.05, 0.1) is 11.6 Å². The van der Waals surface area contributed by atoms with E-state index in [1.807, 2.05) is 50.2 Å². The molecule has 0 heterocycles. The van der Waals surface area contributed by atoms with Gasteiger partial charge in [-0.3, -0.25) is 9.59 Å². The Bertz CT molecular complexity index is 1330. The van der Waals surface area contributed by atoms with Crippen molar-refractivity contribution in [2.45, 2.75) is 13.8 Å². The molecule has 2 amide bonds. The van der Waals surface area contributed by atoms with Crippen molar-refractivity contribution in [2.75, 3.05) is 24.4 Å². The summed E-state index contributed by atoms with van der Waals surface area (Å²) in [5.41, 5.74) is 3.69. The van der Waals surface area contributed by atoms with Gasteiger partial charge in [0.1, 0.15) is 11.6 Å². The number of nitrogens with zero attached hydrogens (tertiary/aromatic N) is 1. The van der Waals surface area contributed by atoms with Gasteiger partial charge in [-0.2, -0.15) is 5.26 Å². The van der Waals surface area contributed by atoms with Crippen LogP contribution in [0, 0.1) is 25.2 Å². The molecule has 0 unspecified atom stereocenters. The number of aryl methyl sites for hydroxylation is 2. The van der Waals surface area contributed by atoms with Crippen molar-refractivity contribution >= 4 is 45.2 Å². The molecule has 0 fully saturated rings. The maximum Gasteiger partial charge on any atom is 0.266 e. The smallest absolute Gasteiger partial charge is 0.266 e. The SMILES string of the molecule is COc1cc(/C=C(\C#N)C(=O)Nc2ccccc2C)cc(Br)c1OCC(=O)Nc1cccc(C)c1. The van der Waals surface area contributed by atoms with Gasteiger partial charge in [-0.05, 0) is 82.9 Å². The number of nitriles is 1. The number of carbonyl (C=O) groups is 2. The first kappa shape index (κ1) is 25.5. The van der Waals surface area contributed by atoms with Crippen LogP contribution in [0.5, 0.6) is 11.5 Å². The summed E-state index contributed by atoms with van der Waals surface area (Å²) in [4.78, 5) is 25.0. The lowest BCUT2D eigenvalue weighted by Crippen LogP contribution is -2.20. The van der Waals surface area contributed by atoms with Crippen LogP contribution in [0.1, 0.15) is 16.7 Å². The number of ether oxygens (including phenoxy) is 2. The highest BCUT2D eigenvalue weighted by atomic mass is 79.9. The Hall–Kier alpha value is -4.09. The molecule has 35 heavy (non-hydrogen) atoms. The zero-order chi connectivity index (χ0) is 25.4. The first-order valence-electron chi connectivity index (χ1n) is 10.7. The largest absolute Gasteiger partial charge is 0.493 e. The molecular weight excluding hydrogens is 510 g/mol. The van der Waals surface area contributed by atoms with Gasteiger partial charge in [0, 0.05) is 11.4 Å². The van der Waals surface area contributed by atoms with E-state index in [4.69, 9.17) is 9.47 Å². The van der Waals surface area contributed by atoms with Crippen molar-refractivity contribution < 1.29 is 19.1 Å². The zero-order valence-electron chi connectivity index (χ0n) is 19.5. The highest BCUT2D eigenvalue weighted by molar-refractivity contribution is 9.10. The molecule has 8 heteroatoms. The Labute approximate surface area is 212 Å². The number of hydrogen-bond acceptors (Lipinski definition) is 5. The molecule has 0 aliphatic carbocycles. The second-order valence-corrected chi connectivity index (χ2v) is 8.53. The molecule has 7 nitrogen and oxygen atoms in total. The fourth-order valence-electron chi connectivity index (χ4n) is 3.24. The summed E-state index contributed by atoms with van der Waals surface area (Å²) >= 11 is 3.43. The number of halogens is 1. The molecule has 0 radical (unpaired) electrons. The van der Waals surface area contributed by atoms with Crippen molar-refractivity contribution in [3.8, 4) is 17.6 Å². The van der Waals surface area contributed by atoms with Crippen LogP contribution in [0.3, 0.4) is 0 Å². The number of anilines is 2. The van der Waals surface area contributed by atoms with Crippen molar-refractivity contribution in [1.82, 2.24) is 0 Å². The van der Waals surface area contributed by atoms with E-state index in [1.165, 1.54) is 13.2 Å². The summed E-state index contributed by atoms with van der Waals surface area (Å²) in [5.74, 6) is -0.185. The quantitative estimate of drug-likeness (QED) is 0.288.